The molecule has 7 nitrogen and oxygen atoms in total. The normalized spacial score (nSPS) is 10.7. The molecule has 3 aromatic rings. The zero-order valence-electron chi connectivity index (χ0n) is 17.4. The van der Waals surface area contributed by atoms with E-state index in [4.69, 9.17) is 0 Å². The molecular weight excluding hydrogens is 412 g/mol. The quantitative estimate of drug-likeness (QED) is 0.570. The summed E-state index contributed by atoms with van der Waals surface area (Å²) in [7, 11) is 1.57. The lowest BCUT2D eigenvalue weighted by atomic mass is 10.1. The fourth-order valence-corrected chi connectivity index (χ4v) is 3.74. The first-order valence-electron chi connectivity index (χ1n) is 9.52. The molecule has 0 fully saturated rings. The Kier molecular flexibility index (Phi) is 6.94. The molecular formula is C23H22N4O3S. The van der Waals surface area contributed by atoms with Crippen molar-refractivity contribution >= 4 is 51.6 Å². The van der Waals surface area contributed by atoms with Crippen LogP contribution in [0.15, 0.2) is 60.0 Å². The number of thiazole rings is 1. The predicted molar refractivity (Wildman–Crippen MR) is 124 cm³/mol. The van der Waals surface area contributed by atoms with Gasteiger partial charge in [0, 0.05) is 36.7 Å². The lowest BCUT2D eigenvalue weighted by molar-refractivity contribution is -0.116. The number of carbonyl (C=O) groups is 3. The van der Waals surface area contributed by atoms with E-state index in [1.807, 2.05) is 37.3 Å². The van der Waals surface area contributed by atoms with E-state index in [0.29, 0.717) is 22.1 Å². The Bertz CT molecular complexity index is 1140. The van der Waals surface area contributed by atoms with Crippen molar-refractivity contribution in [1.82, 2.24) is 10.3 Å². The van der Waals surface area contributed by atoms with Gasteiger partial charge in [0.25, 0.3) is 5.91 Å². The Morgan fingerprint density at radius 3 is 2.48 bits per heavy atom. The van der Waals surface area contributed by atoms with Crippen molar-refractivity contribution in [2.75, 3.05) is 17.3 Å². The number of amides is 3. The first-order chi connectivity index (χ1) is 14.9. The zero-order valence-corrected chi connectivity index (χ0v) is 18.2. The molecule has 0 aliphatic carbocycles. The highest BCUT2D eigenvalue weighted by molar-refractivity contribution is 7.14. The van der Waals surface area contributed by atoms with E-state index in [1.54, 1.807) is 36.7 Å². The monoisotopic (exact) mass is 434 g/mol. The first kappa shape index (κ1) is 21.9. The second-order valence-corrected chi connectivity index (χ2v) is 7.51. The Morgan fingerprint density at radius 1 is 1.10 bits per heavy atom. The predicted octanol–water partition coefficient (Wildman–Crippen LogP) is 4.15. The summed E-state index contributed by atoms with van der Waals surface area (Å²) in [5.41, 5.74) is 3.22. The second kappa shape index (κ2) is 9.82. The Labute approximate surface area is 184 Å². The van der Waals surface area contributed by atoms with Gasteiger partial charge in [-0.15, -0.1) is 11.3 Å². The third-order valence-corrected chi connectivity index (χ3v) is 5.25. The van der Waals surface area contributed by atoms with Gasteiger partial charge in [0.05, 0.1) is 11.4 Å². The van der Waals surface area contributed by atoms with E-state index in [1.165, 1.54) is 29.2 Å². The summed E-state index contributed by atoms with van der Waals surface area (Å²) in [6.07, 6.45) is 2.97. The molecule has 158 valence electrons. The van der Waals surface area contributed by atoms with Crippen LogP contribution in [0.25, 0.3) is 6.08 Å². The van der Waals surface area contributed by atoms with E-state index in [2.05, 4.69) is 15.6 Å². The number of nitrogens with zero attached hydrogens (tertiary/aromatic N) is 2. The van der Waals surface area contributed by atoms with Gasteiger partial charge >= 0.3 is 0 Å². The number of hydrogen-bond donors (Lipinski definition) is 2. The smallest absolute Gasteiger partial charge is 0.251 e. The van der Waals surface area contributed by atoms with E-state index < -0.39 is 0 Å². The van der Waals surface area contributed by atoms with Crippen molar-refractivity contribution in [2.45, 2.75) is 13.8 Å². The average molecular weight is 435 g/mol. The summed E-state index contributed by atoms with van der Waals surface area (Å²) >= 11 is 1.32. The molecule has 0 spiro atoms. The van der Waals surface area contributed by atoms with Gasteiger partial charge in [0.15, 0.2) is 5.13 Å². The number of hydrogen-bond acceptors (Lipinski definition) is 5. The van der Waals surface area contributed by atoms with Crippen molar-refractivity contribution in [3.05, 3.63) is 76.8 Å². The van der Waals surface area contributed by atoms with Crippen LogP contribution in [0, 0.1) is 6.92 Å². The molecule has 0 aliphatic heterocycles. The topological polar surface area (TPSA) is 91.4 Å². The van der Waals surface area contributed by atoms with E-state index >= 15 is 0 Å². The highest BCUT2D eigenvalue weighted by Crippen LogP contribution is 2.29. The van der Waals surface area contributed by atoms with Gasteiger partial charge in [0.1, 0.15) is 0 Å². The van der Waals surface area contributed by atoms with Gasteiger partial charge in [-0.1, -0.05) is 18.2 Å². The molecule has 0 bridgehead atoms. The number of para-hydroxylation sites is 1. The number of benzene rings is 2. The van der Waals surface area contributed by atoms with Gasteiger partial charge in [-0.25, -0.2) is 4.98 Å². The average Bonchev–Trinajstić information content (AvgIpc) is 3.22. The summed E-state index contributed by atoms with van der Waals surface area (Å²) in [5, 5.41) is 7.66. The van der Waals surface area contributed by atoms with Crippen LogP contribution in [0.1, 0.15) is 28.5 Å². The van der Waals surface area contributed by atoms with Crippen molar-refractivity contribution < 1.29 is 14.4 Å². The SMILES string of the molecule is CNC(=O)c1ccc(NC(=O)/C=C/c2csc(N(C(C)=O)c3ccccc3)n2)c(C)c1. The summed E-state index contributed by atoms with van der Waals surface area (Å²) in [6.45, 7) is 3.30. The second-order valence-electron chi connectivity index (χ2n) is 6.68. The molecule has 1 heterocycles. The molecule has 31 heavy (non-hydrogen) atoms. The minimum absolute atomic E-state index is 0.149. The summed E-state index contributed by atoms with van der Waals surface area (Å²) in [6, 6.07) is 14.3. The van der Waals surface area contributed by atoms with Crippen molar-refractivity contribution in [3.63, 3.8) is 0 Å². The third kappa shape index (κ3) is 5.43. The molecule has 0 saturated carbocycles. The maximum atomic E-state index is 12.3. The Balaban J connectivity index is 1.70. The minimum Gasteiger partial charge on any atom is -0.355 e. The molecule has 1 aromatic heterocycles. The Morgan fingerprint density at radius 2 is 1.84 bits per heavy atom. The van der Waals surface area contributed by atoms with Gasteiger partial charge in [-0.05, 0) is 48.9 Å². The summed E-state index contributed by atoms with van der Waals surface area (Å²) < 4.78 is 0. The van der Waals surface area contributed by atoms with Gasteiger partial charge in [-0.3, -0.25) is 19.3 Å². The van der Waals surface area contributed by atoms with E-state index in [-0.39, 0.29) is 17.7 Å². The number of rotatable bonds is 6. The lowest BCUT2D eigenvalue weighted by Gasteiger charge is -2.17. The number of aromatic nitrogens is 1. The van der Waals surface area contributed by atoms with Crippen molar-refractivity contribution in [1.29, 1.82) is 0 Å². The fourth-order valence-electron chi connectivity index (χ4n) is 2.88. The standard InChI is InChI=1S/C23H22N4O3S/c1-15-13-17(22(30)24-3)9-11-20(15)26-21(29)12-10-18-14-31-23(25-18)27(16(2)28)19-7-5-4-6-8-19/h4-14H,1-3H3,(H,24,30)(H,26,29)/b12-10+. The van der Waals surface area contributed by atoms with Gasteiger partial charge < -0.3 is 10.6 Å². The van der Waals surface area contributed by atoms with Crippen LogP contribution in [0.3, 0.4) is 0 Å². The summed E-state index contributed by atoms with van der Waals surface area (Å²) in [4.78, 5) is 42.1. The molecule has 3 amide bonds. The van der Waals surface area contributed by atoms with Gasteiger partial charge in [0.2, 0.25) is 11.8 Å². The number of aryl methyl sites for hydroxylation is 1. The maximum Gasteiger partial charge on any atom is 0.251 e. The van der Waals surface area contributed by atoms with E-state index in [9.17, 15) is 14.4 Å². The van der Waals surface area contributed by atoms with Crippen molar-refractivity contribution in [3.8, 4) is 0 Å². The van der Waals surface area contributed by atoms with Crippen LogP contribution in [-0.4, -0.2) is 29.8 Å². The fraction of sp³-hybridized carbons (Fsp3) is 0.130. The van der Waals surface area contributed by atoms with Crippen LogP contribution in [0.2, 0.25) is 0 Å². The first-order valence-corrected chi connectivity index (χ1v) is 10.4. The molecule has 0 atom stereocenters. The van der Waals surface area contributed by atoms with E-state index in [0.717, 1.165) is 11.3 Å². The number of anilines is 3. The molecule has 2 aromatic carbocycles. The molecule has 0 aliphatic rings. The van der Waals surface area contributed by atoms with Crippen LogP contribution in [0.5, 0.6) is 0 Å². The molecule has 2 N–H and O–H groups in total. The molecule has 0 saturated heterocycles. The number of nitrogens with one attached hydrogen (secondary N) is 2. The lowest BCUT2D eigenvalue weighted by Crippen LogP contribution is -2.22. The zero-order chi connectivity index (χ0) is 22.4. The molecule has 3 rings (SSSR count). The third-order valence-electron chi connectivity index (χ3n) is 4.41. The molecule has 0 unspecified atom stereocenters. The molecule has 0 radical (unpaired) electrons. The highest BCUT2D eigenvalue weighted by Gasteiger charge is 2.17. The van der Waals surface area contributed by atoms with Crippen molar-refractivity contribution in [2.24, 2.45) is 0 Å². The van der Waals surface area contributed by atoms with Gasteiger partial charge in [-0.2, -0.15) is 0 Å². The summed E-state index contributed by atoms with van der Waals surface area (Å²) in [5.74, 6) is -0.656. The van der Waals surface area contributed by atoms with Crippen LogP contribution >= 0.6 is 11.3 Å². The van der Waals surface area contributed by atoms with Crippen LogP contribution in [0.4, 0.5) is 16.5 Å². The maximum absolute atomic E-state index is 12.3. The number of carbonyl (C=O) groups excluding carboxylic acids is 3. The van der Waals surface area contributed by atoms with Crippen LogP contribution in [-0.2, 0) is 9.59 Å². The Hall–Kier alpha value is -3.78. The highest BCUT2D eigenvalue weighted by atomic mass is 32.1. The largest absolute Gasteiger partial charge is 0.355 e. The molecule has 8 heteroatoms. The minimum atomic E-state index is -0.322. The van der Waals surface area contributed by atoms with Crippen LogP contribution < -0.4 is 15.5 Å².